The van der Waals surface area contributed by atoms with E-state index in [0.717, 1.165) is 5.56 Å². The van der Waals surface area contributed by atoms with Crippen molar-refractivity contribution in [2.45, 2.75) is 19.4 Å². The van der Waals surface area contributed by atoms with Crippen molar-refractivity contribution < 1.29 is 19.1 Å². The molecular weight excluding hydrogens is 272 g/mol. The van der Waals surface area contributed by atoms with Crippen molar-refractivity contribution in [3.8, 4) is 0 Å². The lowest BCUT2D eigenvalue weighted by Crippen LogP contribution is -2.43. The van der Waals surface area contributed by atoms with E-state index in [9.17, 15) is 14.7 Å². The van der Waals surface area contributed by atoms with Crippen molar-refractivity contribution in [2.75, 3.05) is 6.54 Å². The lowest BCUT2D eigenvalue weighted by Gasteiger charge is -2.34. The summed E-state index contributed by atoms with van der Waals surface area (Å²) in [6.07, 6.45) is 1.81. The molecule has 1 aromatic heterocycles. The summed E-state index contributed by atoms with van der Waals surface area (Å²) in [6.45, 7) is 2.00. The Morgan fingerprint density at radius 2 is 2.14 bits per heavy atom. The van der Waals surface area contributed by atoms with Crippen LogP contribution in [0.1, 0.15) is 33.4 Å². The topological polar surface area (TPSA) is 83.6 Å². The molecule has 1 atom stereocenters. The predicted octanol–water partition coefficient (Wildman–Crippen LogP) is 1.81. The molecule has 1 aromatic carbocycles. The molecule has 0 aliphatic carbocycles. The second-order valence-corrected chi connectivity index (χ2v) is 4.96. The molecule has 1 unspecified atom stereocenters. The van der Waals surface area contributed by atoms with Crippen LogP contribution in [0, 0.1) is 6.92 Å². The molecule has 6 nitrogen and oxygen atoms in total. The van der Waals surface area contributed by atoms with Crippen molar-refractivity contribution in [3.05, 3.63) is 53.2 Å². The molecule has 2 aromatic rings. The minimum atomic E-state index is -1.05. The highest BCUT2D eigenvalue weighted by Crippen LogP contribution is 2.31. The summed E-state index contributed by atoms with van der Waals surface area (Å²) in [5, 5.41) is 9.53. The normalized spacial score (nSPS) is 17.4. The van der Waals surface area contributed by atoms with Crippen LogP contribution in [0.2, 0.25) is 0 Å². The van der Waals surface area contributed by atoms with E-state index >= 15 is 0 Å². The summed E-state index contributed by atoms with van der Waals surface area (Å²) in [7, 11) is 0. The van der Waals surface area contributed by atoms with Gasteiger partial charge in [-0.25, -0.2) is 9.78 Å². The molecular formula is C15H14N2O4. The molecule has 3 rings (SSSR count). The van der Waals surface area contributed by atoms with Gasteiger partial charge in [0.05, 0.1) is 5.69 Å². The largest absolute Gasteiger partial charge is 0.479 e. The molecule has 21 heavy (non-hydrogen) atoms. The Labute approximate surface area is 121 Å². The number of benzene rings is 1. The zero-order valence-electron chi connectivity index (χ0n) is 11.4. The molecule has 1 N–H and O–H groups in total. The van der Waals surface area contributed by atoms with Gasteiger partial charge in [-0.3, -0.25) is 4.79 Å². The van der Waals surface area contributed by atoms with Crippen molar-refractivity contribution in [3.63, 3.8) is 0 Å². The molecule has 0 saturated heterocycles. The molecule has 0 radical (unpaired) electrons. The monoisotopic (exact) mass is 286 g/mol. The number of aliphatic carboxylic acids is 1. The zero-order chi connectivity index (χ0) is 15.0. The third-order valence-electron chi connectivity index (χ3n) is 3.72. The smallest absolute Gasteiger partial charge is 0.331 e. The van der Waals surface area contributed by atoms with Gasteiger partial charge < -0.3 is 14.4 Å². The number of nitrogens with zero attached hydrogens (tertiary/aromatic N) is 2. The second kappa shape index (κ2) is 5.05. The first-order valence-electron chi connectivity index (χ1n) is 6.61. The molecule has 6 heteroatoms. The predicted molar refractivity (Wildman–Crippen MR) is 72.8 cm³/mol. The van der Waals surface area contributed by atoms with Gasteiger partial charge in [-0.2, -0.15) is 0 Å². The molecule has 0 fully saturated rings. The first-order valence-corrected chi connectivity index (χ1v) is 6.61. The molecule has 1 aliphatic heterocycles. The summed E-state index contributed by atoms with van der Waals surface area (Å²) < 4.78 is 5.10. The zero-order valence-corrected chi connectivity index (χ0v) is 11.4. The Morgan fingerprint density at radius 1 is 1.38 bits per heavy atom. The Balaban J connectivity index is 2.02. The number of fused-ring (bicyclic) bond motifs is 1. The Hall–Kier alpha value is -2.63. The van der Waals surface area contributed by atoms with Crippen molar-refractivity contribution in [1.82, 2.24) is 9.88 Å². The summed E-state index contributed by atoms with van der Waals surface area (Å²) >= 11 is 0. The Kier molecular flexibility index (Phi) is 3.21. The van der Waals surface area contributed by atoms with Gasteiger partial charge in [0.15, 0.2) is 12.4 Å². The van der Waals surface area contributed by atoms with E-state index in [1.165, 1.54) is 11.3 Å². The van der Waals surface area contributed by atoms with Gasteiger partial charge in [-0.15, -0.1) is 0 Å². The number of carbonyl (C=O) groups excluding carboxylic acids is 1. The SMILES string of the molecule is Cc1ncoc1C(=O)N1CCc2ccccc2C1C(=O)O. The van der Waals surface area contributed by atoms with Gasteiger partial charge in [0.1, 0.15) is 0 Å². The van der Waals surface area contributed by atoms with E-state index in [-0.39, 0.29) is 5.76 Å². The number of aryl methyl sites for hydroxylation is 1. The molecule has 0 spiro atoms. The van der Waals surface area contributed by atoms with Gasteiger partial charge in [-0.05, 0) is 24.5 Å². The Bertz CT molecular complexity index is 707. The number of carbonyl (C=O) groups is 2. The van der Waals surface area contributed by atoms with Crippen LogP contribution in [0.25, 0.3) is 0 Å². The molecule has 0 bridgehead atoms. The molecule has 0 saturated carbocycles. The van der Waals surface area contributed by atoms with Gasteiger partial charge in [-0.1, -0.05) is 24.3 Å². The maximum Gasteiger partial charge on any atom is 0.331 e. The molecule has 108 valence electrons. The first-order chi connectivity index (χ1) is 10.1. The number of hydrogen-bond donors (Lipinski definition) is 1. The average Bonchev–Trinajstić information content (AvgIpc) is 2.91. The third-order valence-corrected chi connectivity index (χ3v) is 3.72. The quantitative estimate of drug-likeness (QED) is 0.910. The number of oxazole rings is 1. The van der Waals surface area contributed by atoms with E-state index in [1.54, 1.807) is 19.1 Å². The molecule has 1 amide bonds. The second-order valence-electron chi connectivity index (χ2n) is 4.96. The number of aromatic nitrogens is 1. The van der Waals surface area contributed by atoms with Crippen LogP contribution in [0.5, 0.6) is 0 Å². The number of carboxylic acid groups (broad SMARTS) is 1. The lowest BCUT2D eigenvalue weighted by molar-refractivity contribution is -0.143. The maximum absolute atomic E-state index is 12.5. The molecule has 1 aliphatic rings. The van der Waals surface area contributed by atoms with E-state index in [4.69, 9.17) is 4.42 Å². The lowest BCUT2D eigenvalue weighted by atomic mass is 9.92. The van der Waals surface area contributed by atoms with Crippen molar-refractivity contribution in [2.24, 2.45) is 0 Å². The van der Waals surface area contributed by atoms with Crippen LogP contribution >= 0.6 is 0 Å². The van der Waals surface area contributed by atoms with Gasteiger partial charge in [0.25, 0.3) is 5.91 Å². The van der Waals surface area contributed by atoms with E-state index in [2.05, 4.69) is 4.98 Å². The van der Waals surface area contributed by atoms with Crippen LogP contribution in [-0.4, -0.2) is 33.4 Å². The summed E-state index contributed by atoms with van der Waals surface area (Å²) in [4.78, 5) is 29.4. The summed E-state index contributed by atoms with van der Waals surface area (Å²) in [5.41, 5.74) is 2.08. The summed E-state index contributed by atoms with van der Waals surface area (Å²) in [6, 6.07) is 6.30. The third kappa shape index (κ3) is 2.18. The summed E-state index contributed by atoms with van der Waals surface area (Å²) in [5.74, 6) is -1.39. The minimum absolute atomic E-state index is 0.0978. The number of hydrogen-bond acceptors (Lipinski definition) is 4. The van der Waals surface area contributed by atoms with Crippen LogP contribution in [0.4, 0.5) is 0 Å². The highest BCUT2D eigenvalue weighted by atomic mass is 16.4. The van der Waals surface area contributed by atoms with Crippen molar-refractivity contribution in [1.29, 1.82) is 0 Å². The van der Waals surface area contributed by atoms with E-state index < -0.39 is 17.9 Å². The van der Waals surface area contributed by atoms with Gasteiger partial charge in [0, 0.05) is 6.54 Å². The van der Waals surface area contributed by atoms with Crippen LogP contribution < -0.4 is 0 Å². The van der Waals surface area contributed by atoms with E-state index in [1.807, 2.05) is 12.1 Å². The first kappa shape index (κ1) is 13.4. The van der Waals surface area contributed by atoms with E-state index in [0.29, 0.717) is 24.2 Å². The van der Waals surface area contributed by atoms with Crippen LogP contribution in [0.15, 0.2) is 35.1 Å². The van der Waals surface area contributed by atoms with Gasteiger partial charge in [0.2, 0.25) is 5.76 Å². The number of amides is 1. The number of carboxylic acids is 1. The fourth-order valence-electron chi connectivity index (χ4n) is 2.69. The van der Waals surface area contributed by atoms with Crippen LogP contribution in [-0.2, 0) is 11.2 Å². The average molecular weight is 286 g/mol. The minimum Gasteiger partial charge on any atom is -0.479 e. The van der Waals surface area contributed by atoms with Crippen molar-refractivity contribution >= 4 is 11.9 Å². The van der Waals surface area contributed by atoms with Crippen LogP contribution in [0.3, 0.4) is 0 Å². The number of rotatable bonds is 2. The standard InChI is InChI=1S/C15H14N2O4/c1-9-13(21-8-16-9)14(18)17-7-6-10-4-2-3-5-11(10)12(17)15(19)20/h2-5,8,12H,6-7H2,1H3,(H,19,20). The van der Waals surface area contributed by atoms with Gasteiger partial charge >= 0.3 is 5.97 Å². The fourth-order valence-corrected chi connectivity index (χ4v) is 2.69. The highest BCUT2D eigenvalue weighted by molar-refractivity contribution is 5.95. The fraction of sp³-hybridized carbons (Fsp3) is 0.267. The maximum atomic E-state index is 12.5. The molecule has 2 heterocycles. The Morgan fingerprint density at radius 3 is 2.81 bits per heavy atom. The highest BCUT2D eigenvalue weighted by Gasteiger charge is 2.37.